The summed E-state index contributed by atoms with van der Waals surface area (Å²) < 4.78 is 0. The number of amides is 1. The predicted octanol–water partition coefficient (Wildman–Crippen LogP) is 1.45. The number of likely N-dealkylation sites (tertiary alicyclic amines) is 1. The Morgan fingerprint density at radius 2 is 2.50 bits per heavy atom. The van der Waals surface area contributed by atoms with Crippen LogP contribution < -0.4 is 0 Å². The number of hydrogen-bond acceptors (Lipinski definition) is 2. The molecule has 1 aromatic rings. The fraction of sp³-hybridized carbons (Fsp3) is 0.455. The number of carbonyl (C=O) groups excluding carboxylic acids is 1. The summed E-state index contributed by atoms with van der Waals surface area (Å²) in [5, 5.41) is 0. The summed E-state index contributed by atoms with van der Waals surface area (Å²) in [6, 6.07) is 3.91. The van der Waals surface area contributed by atoms with Crippen LogP contribution in [0.2, 0.25) is 0 Å². The third-order valence-corrected chi connectivity index (χ3v) is 2.50. The van der Waals surface area contributed by atoms with Gasteiger partial charge in [0.25, 0.3) is 0 Å². The first-order valence-electron chi connectivity index (χ1n) is 4.92. The van der Waals surface area contributed by atoms with E-state index in [0.717, 1.165) is 12.1 Å². The summed E-state index contributed by atoms with van der Waals surface area (Å²) in [6.07, 6.45) is 4.26. The third-order valence-electron chi connectivity index (χ3n) is 2.50. The average molecular weight is 190 g/mol. The Kier molecular flexibility index (Phi) is 2.48. The summed E-state index contributed by atoms with van der Waals surface area (Å²) in [5.74, 6) is 0.764. The number of nitrogens with zero attached hydrogens (tertiary/aromatic N) is 2. The van der Waals surface area contributed by atoms with Crippen molar-refractivity contribution in [1.82, 2.24) is 9.88 Å². The number of aromatic nitrogens is 1. The van der Waals surface area contributed by atoms with Crippen molar-refractivity contribution >= 4 is 5.91 Å². The molecule has 1 fully saturated rings. The van der Waals surface area contributed by atoms with Crippen LogP contribution in [0.5, 0.6) is 0 Å². The van der Waals surface area contributed by atoms with E-state index >= 15 is 0 Å². The van der Waals surface area contributed by atoms with Gasteiger partial charge in [-0.15, -0.1) is 0 Å². The van der Waals surface area contributed by atoms with Crippen molar-refractivity contribution in [3.8, 4) is 0 Å². The van der Waals surface area contributed by atoms with Crippen molar-refractivity contribution in [3.63, 3.8) is 0 Å². The molecule has 0 unspecified atom stereocenters. The molecule has 1 aromatic heterocycles. The standard InChI is InChI=1S/C11H14N2O/c1-9-5-11(14)13(7-9)8-10-3-2-4-12-6-10/h2-4,6,9H,5,7-8H2,1H3/t9-/m1/s1. The van der Waals surface area contributed by atoms with Crippen LogP contribution >= 0.6 is 0 Å². The summed E-state index contributed by atoms with van der Waals surface area (Å²) in [5.41, 5.74) is 1.11. The highest BCUT2D eigenvalue weighted by Crippen LogP contribution is 2.18. The average Bonchev–Trinajstić information content (AvgIpc) is 2.47. The second-order valence-corrected chi connectivity index (χ2v) is 3.94. The van der Waals surface area contributed by atoms with Crippen molar-refractivity contribution in [2.45, 2.75) is 19.9 Å². The molecule has 1 amide bonds. The molecular weight excluding hydrogens is 176 g/mol. The maximum absolute atomic E-state index is 11.5. The van der Waals surface area contributed by atoms with Crippen LogP contribution in [-0.4, -0.2) is 22.3 Å². The van der Waals surface area contributed by atoms with E-state index in [-0.39, 0.29) is 5.91 Å². The van der Waals surface area contributed by atoms with Crippen LogP contribution in [0.4, 0.5) is 0 Å². The first-order chi connectivity index (χ1) is 6.75. The molecule has 0 N–H and O–H groups in total. The van der Waals surface area contributed by atoms with E-state index in [4.69, 9.17) is 0 Å². The highest BCUT2D eigenvalue weighted by molar-refractivity contribution is 5.78. The van der Waals surface area contributed by atoms with Gasteiger partial charge in [-0.05, 0) is 17.5 Å². The Labute approximate surface area is 83.8 Å². The molecule has 1 aliphatic heterocycles. The molecule has 3 heteroatoms. The zero-order chi connectivity index (χ0) is 9.97. The maximum Gasteiger partial charge on any atom is 0.223 e. The van der Waals surface area contributed by atoms with Gasteiger partial charge in [0.1, 0.15) is 0 Å². The molecule has 0 bridgehead atoms. The van der Waals surface area contributed by atoms with Gasteiger partial charge in [-0.3, -0.25) is 9.78 Å². The quantitative estimate of drug-likeness (QED) is 0.707. The molecular formula is C11H14N2O. The van der Waals surface area contributed by atoms with Gasteiger partial charge in [0.2, 0.25) is 5.91 Å². The van der Waals surface area contributed by atoms with Gasteiger partial charge < -0.3 is 4.90 Å². The fourth-order valence-corrected chi connectivity index (χ4v) is 1.83. The number of carbonyl (C=O) groups is 1. The predicted molar refractivity (Wildman–Crippen MR) is 53.4 cm³/mol. The van der Waals surface area contributed by atoms with Gasteiger partial charge in [0.05, 0.1) is 0 Å². The lowest BCUT2D eigenvalue weighted by Crippen LogP contribution is -2.24. The Morgan fingerprint density at radius 3 is 3.07 bits per heavy atom. The highest BCUT2D eigenvalue weighted by Gasteiger charge is 2.25. The minimum atomic E-state index is 0.265. The minimum absolute atomic E-state index is 0.265. The molecule has 0 spiro atoms. The molecule has 2 rings (SSSR count). The van der Waals surface area contributed by atoms with Crippen LogP contribution in [0.3, 0.4) is 0 Å². The second-order valence-electron chi connectivity index (χ2n) is 3.94. The Balaban J connectivity index is 2.02. The second kappa shape index (κ2) is 3.78. The van der Waals surface area contributed by atoms with Crippen molar-refractivity contribution in [2.24, 2.45) is 5.92 Å². The number of rotatable bonds is 2. The van der Waals surface area contributed by atoms with E-state index in [2.05, 4.69) is 11.9 Å². The molecule has 1 atom stereocenters. The molecule has 74 valence electrons. The maximum atomic E-state index is 11.5. The third kappa shape index (κ3) is 1.92. The lowest BCUT2D eigenvalue weighted by Gasteiger charge is -2.15. The molecule has 2 heterocycles. The smallest absolute Gasteiger partial charge is 0.223 e. The molecule has 1 saturated heterocycles. The summed E-state index contributed by atoms with van der Waals surface area (Å²) in [4.78, 5) is 17.4. The van der Waals surface area contributed by atoms with Crippen LogP contribution in [-0.2, 0) is 11.3 Å². The minimum Gasteiger partial charge on any atom is -0.338 e. The number of hydrogen-bond donors (Lipinski definition) is 0. The normalized spacial score (nSPS) is 21.6. The van der Waals surface area contributed by atoms with Gasteiger partial charge in [0, 0.05) is 31.9 Å². The van der Waals surface area contributed by atoms with Gasteiger partial charge in [0.15, 0.2) is 0 Å². The van der Waals surface area contributed by atoms with E-state index in [1.54, 1.807) is 6.20 Å². The topological polar surface area (TPSA) is 33.2 Å². The SMILES string of the molecule is C[C@@H]1CC(=O)N(Cc2cccnc2)C1. The molecule has 0 aromatic carbocycles. The molecule has 0 radical (unpaired) electrons. The van der Waals surface area contributed by atoms with Crippen LogP contribution in [0.15, 0.2) is 24.5 Å². The van der Waals surface area contributed by atoms with Gasteiger partial charge in [-0.2, -0.15) is 0 Å². The lowest BCUT2D eigenvalue weighted by molar-refractivity contribution is -0.128. The summed E-state index contributed by atoms with van der Waals surface area (Å²) in [6.45, 7) is 3.70. The van der Waals surface area contributed by atoms with Gasteiger partial charge in [-0.1, -0.05) is 13.0 Å². The largest absolute Gasteiger partial charge is 0.338 e. The van der Waals surface area contributed by atoms with Gasteiger partial charge >= 0.3 is 0 Å². The first kappa shape index (κ1) is 9.19. The van der Waals surface area contributed by atoms with Crippen LogP contribution in [0, 0.1) is 5.92 Å². The van der Waals surface area contributed by atoms with Crippen molar-refractivity contribution in [3.05, 3.63) is 30.1 Å². The molecule has 0 aliphatic carbocycles. The van der Waals surface area contributed by atoms with Crippen molar-refractivity contribution < 1.29 is 4.79 Å². The van der Waals surface area contributed by atoms with Gasteiger partial charge in [-0.25, -0.2) is 0 Å². The Morgan fingerprint density at radius 1 is 1.64 bits per heavy atom. The molecule has 3 nitrogen and oxygen atoms in total. The van der Waals surface area contributed by atoms with Crippen molar-refractivity contribution in [2.75, 3.05) is 6.54 Å². The first-order valence-corrected chi connectivity index (χ1v) is 4.92. The zero-order valence-electron chi connectivity index (χ0n) is 8.31. The van der Waals surface area contributed by atoms with E-state index in [0.29, 0.717) is 18.9 Å². The Bertz CT molecular complexity index is 323. The molecule has 1 aliphatic rings. The molecule has 0 saturated carbocycles. The molecule has 14 heavy (non-hydrogen) atoms. The zero-order valence-corrected chi connectivity index (χ0v) is 8.31. The van der Waals surface area contributed by atoms with E-state index in [9.17, 15) is 4.79 Å². The monoisotopic (exact) mass is 190 g/mol. The van der Waals surface area contributed by atoms with E-state index in [1.807, 2.05) is 23.2 Å². The van der Waals surface area contributed by atoms with Crippen LogP contribution in [0.1, 0.15) is 18.9 Å². The van der Waals surface area contributed by atoms with Crippen LogP contribution in [0.25, 0.3) is 0 Å². The number of pyridine rings is 1. The lowest BCUT2D eigenvalue weighted by atomic mass is 10.2. The Hall–Kier alpha value is -1.38. The summed E-state index contributed by atoms with van der Waals surface area (Å²) >= 11 is 0. The fourth-order valence-electron chi connectivity index (χ4n) is 1.83. The van der Waals surface area contributed by atoms with E-state index < -0.39 is 0 Å². The van der Waals surface area contributed by atoms with Crippen molar-refractivity contribution in [1.29, 1.82) is 0 Å². The summed E-state index contributed by atoms with van der Waals surface area (Å²) in [7, 11) is 0. The highest BCUT2D eigenvalue weighted by atomic mass is 16.2. The van der Waals surface area contributed by atoms with E-state index in [1.165, 1.54) is 0 Å².